The first-order valence-electron chi connectivity index (χ1n) is 7.97. The zero-order valence-electron chi connectivity index (χ0n) is 13.5. The second kappa shape index (κ2) is 6.81. The summed E-state index contributed by atoms with van der Waals surface area (Å²) in [6.07, 6.45) is 1.79. The largest absolute Gasteiger partial charge is 0.368 e. The van der Waals surface area contributed by atoms with E-state index in [0.29, 0.717) is 6.04 Å². The number of aromatic nitrogens is 2. The summed E-state index contributed by atoms with van der Waals surface area (Å²) in [5.41, 5.74) is 1.06. The molecule has 2 aromatic rings. The average Bonchev–Trinajstić information content (AvgIpc) is 2.55. The van der Waals surface area contributed by atoms with E-state index in [-0.39, 0.29) is 5.82 Å². The molecule has 2 heterocycles. The predicted molar refractivity (Wildman–Crippen MR) is 91.6 cm³/mol. The first-order chi connectivity index (χ1) is 11.1. The average molecular weight is 315 g/mol. The second-order valence-electron chi connectivity index (χ2n) is 5.99. The zero-order chi connectivity index (χ0) is 16.2. The smallest absolute Gasteiger partial charge is 0.227 e. The Kier molecular flexibility index (Phi) is 4.60. The van der Waals surface area contributed by atoms with Crippen molar-refractivity contribution < 1.29 is 4.39 Å². The lowest BCUT2D eigenvalue weighted by Crippen LogP contribution is -2.47. The van der Waals surface area contributed by atoms with Crippen molar-refractivity contribution in [2.75, 3.05) is 41.3 Å². The normalized spacial score (nSPS) is 15.1. The highest BCUT2D eigenvalue weighted by Gasteiger charge is 2.19. The molecular weight excluding hydrogens is 293 g/mol. The number of hydrogen-bond donors (Lipinski definition) is 1. The van der Waals surface area contributed by atoms with Gasteiger partial charge in [-0.2, -0.15) is 4.98 Å². The van der Waals surface area contributed by atoms with E-state index in [2.05, 4.69) is 38.9 Å². The van der Waals surface area contributed by atoms with Crippen molar-refractivity contribution in [3.8, 4) is 0 Å². The summed E-state index contributed by atoms with van der Waals surface area (Å²) >= 11 is 0. The monoisotopic (exact) mass is 315 g/mol. The van der Waals surface area contributed by atoms with Gasteiger partial charge in [0.05, 0.1) is 0 Å². The van der Waals surface area contributed by atoms with Gasteiger partial charge < -0.3 is 15.1 Å². The number of anilines is 3. The highest BCUT2D eigenvalue weighted by molar-refractivity contribution is 5.49. The molecule has 0 unspecified atom stereocenters. The van der Waals surface area contributed by atoms with Gasteiger partial charge in [-0.1, -0.05) is 0 Å². The maximum absolute atomic E-state index is 13.0. The van der Waals surface area contributed by atoms with Crippen LogP contribution >= 0.6 is 0 Å². The highest BCUT2D eigenvalue weighted by atomic mass is 19.1. The molecule has 0 amide bonds. The van der Waals surface area contributed by atoms with E-state index in [9.17, 15) is 4.39 Å². The Morgan fingerprint density at radius 2 is 1.65 bits per heavy atom. The van der Waals surface area contributed by atoms with E-state index in [1.54, 1.807) is 6.20 Å². The summed E-state index contributed by atoms with van der Waals surface area (Å²) in [5, 5.41) is 3.30. The molecule has 1 aliphatic heterocycles. The third-order valence-corrected chi connectivity index (χ3v) is 3.83. The first kappa shape index (κ1) is 15.5. The minimum Gasteiger partial charge on any atom is -0.368 e. The minimum atomic E-state index is -0.199. The lowest BCUT2D eigenvalue weighted by molar-refractivity contribution is 0.623. The third-order valence-electron chi connectivity index (χ3n) is 3.83. The fraction of sp³-hybridized carbons (Fsp3) is 0.412. The van der Waals surface area contributed by atoms with E-state index in [0.717, 1.165) is 43.6 Å². The Labute approximate surface area is 136 Å². The molecule has 6 heteroatoms. The van der Waals surface area contributed by atoms with Gasteiger partial charge in [0.15, 0.2) is 0 Å². The molecule has 122 valence electrons. The lowest BCUT2D eigenvalue weighted by Gasteiger charge is -2.36. The third kappa shape index (κ3) is 3.88. The van der Waals surface area contributed by atoms with Gasteiger partial charge >= 0.3 is 0 Å². The van der Waals surface area contributed by atoms with Gasteiger partial charge in [0.25, 0.3) is 0 Å². The number of piperazine rings is 1. The lowest BCUT2D eigenvalue weighted by atomic mass is 10.2. The molecule has 1 N–H and O–H groups in total. The Morgan fingerprint density at radius 3 is 2.30 bits per heavy atom. The molecule has 3 rings (SSSR count). The van der Waals surface area contributed by atoms with Gasteiger partial charge in [-0.25, -0.2) is 9.37 Å². The fourth-order valence-corrected chi connectivity index (χ4v) is 2.69. The standard InChI is InChI=1S/C17H22FN5/c1-13(2)20-16-7-8-19-17(21-16)23-11-9-22(10-12-23)15-5-3-14(18)4-6-15/h3-8,13H,9-12H2,1-2H3,(H,19,20,21). The van der Waals surface area contributed by atoms with Crippen LogP contribution in [-0.2, 0) is 0 Å². The van der Waals surface area contributed by atoms with Crippen molar-refractivity contribution in [1.82, 2.24) is 9.97 Å². The van der Waals surface area contributed by atoms with Gasteiger partial charge in [-0.15, -0.1) is 0 Å². The molecule has 0 radical (unpaired) electrons. The van der Waals surface area contributed by atoms with Gasteiger partial charge in [0.1, 0.15) is 11.6 Å². The quantitative estimate of drug-likeness (QED) is 0.940. The highest BCUT2D eigenvalue weighted by Crippen LogP contribution is 2.19. The number of nitrogens with zero attached hydrogens (tertiary/aromatic N) is 4. The molecule has 1 aliphatic rings. The molecule has 0 aliphatic carbocycles. The summed E-state index contributed by atoms with van der Waals surface area (Å²) in [7, 11) is 0. The Balaban J connectivity index is 1.63. The van der Waals surface area contributed by atoms with E-state index in [1.165, 1.54) is 12.1 Å². The van der Waals surface area contributed by atoms with Gasteiger partial charge in [0, 0.05) is 44.1 Å². The van der Waals surface area contributed by atoms with Crippen LogP contribution in [0.3, 0.4) is 0 Å². The van der Waals surface area contributed by atoms with Crippen molar-refractivity contribution >= 4 is 17.5 Å². The molecule has 1 aromatic heterocycles. The van der Waals surface area contributed by atoms with Crippen molar-refractivity contribution in [2.45, 2.75) is 19.9 Å². The molecular formula is C17H22FN5. The number of nitrogens with one attached hydrogen (secondary N) is 1. The maximum atomic E-state index is 13.0. The van der Waals surface area contributed by atoms with Gasteiger partial charge in [0.2, 0.25) is 5.95 Å². The fourth-order valence-electron chi connectivity index (χ4n) is 2.69. The minimum absolute atomic E-state index is 0.199. The van der Waals surface area contributed by atoms with Gasteiger partial charge in [-0.05, 0) is 44.2 Å². The van der Waals surface area contributed by atoms with Crippen molar-refractivity contribution in [2.24, 2.45) is 0 Å². The van der Waals surface area contributed by atoms with Crippen LogP contribution < -0.4 is 15.1 Å². The molecule has 0 bridgehead atoms. The number of rotatable bonds is 4. The Morgan fingerprint density at radius 1 is 1.00 bits per heavy atom. The van der Waals surface area contributed by atoms with Gasteiger partial charge in [-0.3, -0.25) is 0 Å². The second-order valence-corrected chi connectivity index (χ2v) is 5.99. The molecule has 1 aromatic carbocycles. The zero-order valence-corrected chi connectivity index (χ0v) is 13.5. The molecule has 0 atom stereocenters. The van der Waals surface area contributed by atoms with E-state index in [1.807, 2.05) is 18.2 Å². The van der Waals surface area contributed by atoms with Crippen LogP contribution in [0.15, 0.2) is 36.5 Å². The van der Waals surface area contributed by atoms with Crippen molar-refractivity contribution in [1.29, 1.82) is 0 Å². The van der Waals surface area contributed by atoms with Crippen LogP contribution in [0.1, 0.15) is 13.8 Å². The van der Waals surface area contributed by atoms with Crippen LogP contribution in [0.25, 0.3) is 0 Å². The van der Waals surface area contributed by atoms with Crippen molar-refractivity contribution in [3.05, 3.63) is 42.3 Å². The number of hydrogen-bond acceptors (Lipinski definition) is 5. The summed E-state index contributed by atoms with van der Waals surface area (Å²) in [6, 6.07) is 8.90. The molecule has 1 fully saturated rings. The van der Waals surface area contributed by atoms with Crippen LogP contribution in [0.4, 0.5) is 21.8 Å². The Hall–Kier alpha value is -2.37. The number of halogens is 1. The first-order valence-corrected chi connectivity index (χ1v) is 7.97. The summed E-state index contributed by atoms with van der Waals surface area (Å²) in [6.45, 7) is 7.62. The van der Waals surface area contributed by atoms with Crippen molar-refractivity contribution in [3.63, 3.8) is 0 Å². The predicted octanol–water partition coefficient (Wildman–Crippen LogP) is 2.76. The van der Waals surface area contributed by atoms with Crippen LogP contribution in [0, 0.1) is 5.82 Å². The number of benzene rings is 1. The maximum Gasteiger partial charge on any atom is 0.227 e. The molecule has 23 heavy (non-hydrogen) atoms. The van der Waals surface area contributed by atoms with Crippen LogP contribution in [0.2, 0.25) is 0 Å². The van der Waals surface area contributed by atoms with E-state index < -0.39 is 0 Å². The van der Waals surface area contributed by atoms with E-state index >= 15 is 0 Å². The molecule has 0 saturated carbocycles. The topological polar surface area (TPSA) is 44.3 Å². The van der Waals surface area contributed by atoms with Crippen LogP contribution in [0.5, 0.6) is 0 Å². The van der Waals surface area contributed by atoms with Crippen LogP contribution in [-0.4, -0.2) is 42.2 Å². The summed E-state index contributed by atoms with van der Waals surface area (Å²) in [5.74, 6) is 1.41. The SMILES string of the molecule is CC(C)Nc1ccnc(N2CCN(c3ccc(F)cc3)CC2)n1. The van der Waals surface area contributed by atoms with E-state index in [4.69, 9.17) is 0 Å². The molecule has 5 nitrogen and oxygen atoms in total. The summed E-state index contributed by atoms with van der Waals surface area (Å²) in [4.78, 5) is 13.4. The summed E-state index contributed by atoms with van der Waals surface area (Å²) < 4.78 is 13.0. The molecule has 1 saturated heterocycles. The Bertz CT molecular complexity index is 636. The molecule has 0 spiro atoms.